The SMILES string of the molecule is CC(=O)[C@@H]1[C@@H]2CC[C@@H](C(CC3CC3)[C@H]2O)N1C(=O)OC(C)(C)C.CC(=O)[C@@H]1[C@@H]2CC[C@@H]([C@@H](CC3CC3)C2)N1C(=O)OC(C)(C)C.CC(=O)[C@@H]1[C@@H]2CC[C@@H]([C@@H](CC3CC3)[C@H]2OC(=S)Oc2ccccc2)N1C(=O)OC(C)(C)C.CC(C)(C)OC(=O)N1[C@H](C(=O)O)[C@@H]2CC[C@H]1[C@@H](CC1CC1)C2. The van der Waals surface area contributed by atoms with Crippen molar-refractivity contribution >= 4 is 65.1 Å². The van der Waals surface area contributed by atoms with Gasteiger partial charge in [-0.05, 0) is 253 Å². The van der Waals surface area contributed by atoms with Crippen molar-refractivity contribution in [1.29, 1.82) is 0 Å². The third-order valence-electron chi connectivity index (χ3n) is 23.0. The first-order chi connectivity index (χ1) is 46.3. The Morgan fingerprint density at radius 3 is 1.17 bits per heavy atom. The number of carboxylic acid groups (broad SMARTS) is 1. The maximum absolute atomic E-state index is 13.2. The number of aliphatic hydroxyl groups excluding tert-OH is 1. The number of fused-ring (bicyclic) bond motifs is 12. The van der Waals surface area contributed by atoms with Gasteiger partial charge in [-0.25, -0.2) is 24.0 Å². The van der Waals surface area contributed by atoms with Gasteiger partial charge in [0.25, 0.3) is 0 Å². The molecule has 17 rings (SSSR count). The van der Waals surface area contributed by atoms with E-state index in [4.69, 9.17) is 40.6 Å². The van der Waals surface area contributed by atoms with E-state index < -0.39 is 70.9 Å². The summed E-state index contributed by atoms with van der Waals surface area (Å²) in [6, 6.07) is 7.32. The number of Topliss-reactive ketones (excluding diaryl/α,β-unsaturated/α-hetero) is 3. The van der Waals surface area contributed by atoms with Gasteiger partial charge in [0.05, 0.1) is 18.2 Å². The van der Waals surface area contributed by atoms with Gasteiger partial charge in [-0.2, -0.15) is 0 Å². The van der Waals surface area contributed by atoms with E-state index in [0.717, 1.165) is 95.3 Å². The van der Waals surface area contributed by atoms with Crippen LogP contribution in [0.2, 0.25) is 0 Å². The Morgan fingerprint density at radius 2 is 0.778 bits per heavy atom. The molecule has 552 valence electrons. The summed E-state index contributed by atoms with van der Waals surface area (Å²) in [5.41, 5.74) is -2.31. The maximum atomic E-state index is 13.2. The van der Waals surface area contributed by atoms with Crippen LogP contribution in [-0.4, -0.2) is 166 Å². The van der Waals surface area contributed by atoms with Crippen molar-refractivity contribution < 1.29 is 77.0 Å². The second kappa shape index (κ2) is 30.4. The number of hydrogen-bond acceptors (Lipinski definition) is 16. The summed E-state index contributed by atoms with van der Waals surface area (Å²) in [4.78, 5) is 107. The normalized spacial score (nSPS) is 33.5. The molecular weight excluding hydrogens is 1280 g/mol. The minimum absolute atomic E-state index is 0.0427. The van der Waals surface area contributed by atoms with Gasteiger partial charge in [0.15, 0.2) is 17.3 Å². The molecule has 8 aliphatic heterocycles. The number of carbonyl (C=O) groups is 8. The third kappa shape index (κ3) is 19.2. The largest absolute Gasteiger partial charge is 0.480 e. The van der Waals surface area contributed by atoms with Gasteiger partial charge in [0, 0.05) is 60.1 Å². The molecule has 8 bridgehead atoms. The lowest BCUT2D eigenvalue weighted by atomic mass is 9.64. The van der Waals surface area contributed by atoms with E-state index in [1.807, 2.05) is 118 Å². The molecule has 0 radical (unpaired) electrons. The van der Waals surface area contributed by atoms with Gasteiger partial charge >= 0.3 is 35.6 Å². The highest BCUT2D eigenvalue weighted by Crippen LogP contribution is 2.54. The van der Waals surface area contributed by atoms with Crippen LogP contribution < -0.4 is 4.74 Å². The van der Waals surface area contributed by atoms with Gasteiger partial charge < -0.3 is 38.6 Å². The van der Waals surface area contributed by atoms with E-state index in [2.05, 4.69) is 0 Å². The van der Waals surface area contributed by atoms with Crippen LogP contribution in [0.3, 0.4) is 0 Å². The summed E-state index contributed by atoms with van der Waals surface area (Å²) in [7, 11) is 0. The third-order valence-corrected chi connectivity index (χ3v) is 23.1. The molecular formula is C78H118N4O16S. The van der Waals surface area contributed by atoms with Crippen molar-refractivity contribution in [2.24, 2.45) is 71.0 Å². The van der Waals surface area contributed by atoms with Crippen molar-refractivity contribution in [3.05, 3.63) is 30.3 Å². The van der Waals surface area contributed by atoms with Gasteiger partial charge in [0.2, 0.25) is 0 Å². The first kappa shape index (κ1) is 76.1. The summed E-state index contributed by atoms with van der Waals surface area (Å²) < 4.78 is 34.4. The molecule has 99 heavy (non-hydrogen) atoms. The smallest absolute Gasteiger partial charge is 0.411 e. The molecule has 21 heteroatoms. The zero-order chi connectivity index (χ0) is 72.1. The number of ketones is 3. The average molecular weight is 1400 g/mol. The van der Waals surface area contributed by atoms with Crippen molar-refractivity contribution in [1.82, 2.24) is 19.6 Å². The number of carbonyl (C=O) groups excluding carboxylic acids is 7. The number of thiocarbonyl (C=S) groups is 1. The molecule has 8 saturated carbocycles. The number of piperidine rings is 8. The molecule has 16 aliphatic rings. The summed E-state index contributed by atoms with van der Waals surface area (Å²) in [5, 5.41) is 20.4. The Hall–Kier alpha value is -5.57. The second-order valence-corrected chi connectivity index (χ2v) is 36.0. The number of aliphatic carboxylic acids is 1. The molecule has 1 aromatic rings. The highest BCUT2D eigenvalue weighted by Gasteiger charge is 2.61. The van der Waals surface area contributed by atoms with E-state index in [9.17, 15) is 48.6 Å². The van der Waals surface area contributed by atoms with E-state index in [0.29, 0.717) is 35.3 Å². The molecule has 4 amide bonds. The Kier molecular flexibility index (Phi) is 23.4. The number of rotatable bonds is 14. The van der Waals surface area contributed by atoms with E-state index in [1.165, 1.54) is 64.7 Å². The summed E-state index contributed by atoms with van der Waals surface area (Å²) in [6.45, 7) is 26.9. The average Bonchev–Trinajstić information content (AvgIpc) is 1.63. The van der Waals surface area contributed by atoms with Crippen molar-refractivity contribution in [3.8, 4) is 5.75 Å². The molecule has 8 aliphatic carbocycles. The minimum atomic E-state index is -0.884. The highest BCUT2D eigenvalue weighted by atomic mass is 32.1. The zero-order valence-electron chi connectivity index (χ0n) is 62.0. The Morgan fingerprint density at radius 1 is 0.434 bits per heavy atom. The van der Waals surface area contributed by atoms with Crippen LogP contribution in [0.25, 0.3) is 0 Å². The van der Waals surface area contributed by atoms with Gasteiger partial charge in [-0.1, -0.05) is 69.6 Å². The molecule has 8 heterocycles. The molecule has 0 spiro atoms. The number of ether oxygens (including phenoxy) is 6. The van der Waals surface area contributed by atoms with Gasteiger partial charge in [-0.15, -0.1) is 0 Å². The van der Waals surface area contributed by atoms with E-state index in [-0.39, 0.29) is 94.6 Å². The summed E-state index contributed by atoms with van der Waals surface area (Å²) in [5.74, 6) is 4.09. The molecule has 20 nitrogen and oxygen atoms in total. The predicted molar refractivity (Wildman–Crippen MR) is 376 cm³/mol. The number of hydrogen-bond donors (Lipinski definition) is 2. The van der Waals surface area contributed by atoms with Crippen LogP contribution >= 0.6 is 12.2 Å². The molecule has 0 aromatic heterocycles. The highest BCUT2D eigenvalue weighted by molar-refractivity contribution is 7.79. The Balaban J connectivity index is 0.000000145. The number of aliphatic hydroxyl groups is 1. The van der Waals surface area contributed by atoms with Crippen LogP contribution in [-0.2, 0) is 42.9 Å². The molecule has 8 saturated heterocycles. The van der Waals surface area contributed by atoms with E-state index in [1.54, 1.807) is 28.5 Å². The number of benzene rings is 1. The van der Waals surface area contributed by atoms with Gasteiger partial charge in [-0.3, -0.25) is 34.0 Å². The van der Waals surface area contributed by atoms with Crippen LogP contribution in [0, 0.1) is 71.0 Å². The first-order valence-electron chi connectivity index (χ1n) is 37.8. The van der Waals surface area contributed by atoms with Crippen molar-refractivity contribution in [2.75, 3.05) is 0 Å². The van der Waals surface area contributed by atoms with Crippen LogP contribution in [0.5, 0.6) is 5.75 Å². The Labute approximate surface area is 594 Å². The Bertz CT molecular complexity index is 3000. The number of amides is 4. The van der Waals surface area contributed by atoms with Crippen molar-refractivity contribution in [3.63, 3.8) is 0 Å². The maximum Gasteiger partial charge on any atom is 0.411 e. The van der Waals surface area contributed by atoms with E-state index >= 15 is 0 Å². The fourth-order valence-electron chi connectivity index (χ4n) is 18.6. The quantitative estimate of drug-likeness (QED) is 0.130. The molecule has 18 atom stereocenters. The molecule has 1 aromatic carbocycles. The lowest BCUT2D eigenvalue weighted by Gasteiger charge is -2.57. The lowest BCUT2D eigenvalue weighted by molar-refractivity contribution is -0.155. The standard InChI is InChI=1S/C25H33NO5S.C18H29NO4.C18H29NO3.C17H27NO4/c1-15(27)21-18-12-13-20(26(21)23(28)31-25(2,3)4)19(14-16-10-11-16)22(18)30-24(32)29-17-8-6-5-7-9-17;1-10(20)15-12-7-8-14(13(16(12)21)9-11-5-6-11)19(15)17(22)23-18(2,3)4;1-11(20)16-13-7-8-15(14(10-13)9-12-5-6-12)19(16)17(21)22-18(2,3)4;1-17(2,3)22-16(21)18-13-7-6-11(14(18)15(19)20)9-12(13)8-10-4-5-10/h5-9,16,18-22H,10-14H2,1-4H3;11-16,21H,5-9H2,1-4H3;12-16H,5-10H2,1-4H3;10-14H,4-9H2,1-3H3,(H,19,20)/t18-,19+,20-,21+,22-;12-,13?,14-,15+,16-;13-,14+,15+,16-;11-,12+,13+,14+/m0011/s1. The predicted octanol–water partition coefficient (Wildman–Crippen LogP) is 14.9. The minimum Gasteiger partial charge on any atom is -0.480 e. The molecule has 16 fully saturated rings. The number of para-hydroxylation sites is 1. The monoisotopic (exact) mass is 1400 g/mol. The second-order valence-electron chi connectivity index (χ2n) is 35.7. The molecule has 2 N–H and O–H groups in total. The van der Waals surface area contributed by atoms with Crippen LogP contribution in [0.4, 0.5) is 19.2 Å². The number of carboxylic acids is 1. The summed E-state index contributed by atoms with van der Waals surface area (Å²) in [6.07, 6.45) is 21.5. The first-order valence-corrected chi connectivity index (χ1v) is 38.2. The topological polar surface area (TPSA) is 245 Å². The van der Waals surface area contributed by atoms with Crippen LogP contribution in [0.15, 0.2) is 30.3 Å². The number of nitrogens with zero attached hydrogens (tertiary/aromatic N) is 4. The van der Waals surface area contributed by atoms with Gasteiger partial charge in [0.1, 0.15) is 46.3 Å². The van der Waals surface area contributed by atoms with Crippen LogP contribution in [0.1, 0.15) is 245 Å². The fraction of sp³-hybridized carbons (Fsp3) is 0.808. The lowest BCUT2D eigenvalue weighted by Crippen LogP contribution is -2.69. The summed E-state index contributed by atoms with van der Waals surface area (Å²) >= 11 is 5.44. The van der Waals surface area contributed by atoms with Crippen molar-refractivity contribution in [2.45, 2.75) is 328 Å². The fourth-order valence-corrected chi connectivity index (χ4v) is 18.8. The molecule has 1 unspecified atom stereocenters. The zero-order valence-corrected chi connectivity index (χ0v) is 62.8.